The molecule has 2 aliphatic heterocycles. The van der Waals surface area contributed by atoms with E-state index >= 15 is 0 Å². The van der Waals surface area contributed by atoms with Gasteiger partial charge in [-0.15, -0.1) is 0 Å². The zero-order valence-electron chi connectivity index (χ0n) is 16.3. The number of benzene rings is 1. The van der Waals surface area contributed by atoms with Crippen molar-refractivity contribution >= 4 is 23.6 Å². The monoisotopic (exact) mass is 398 g/mol. The van der Waals surface area contributed by atoms with Crippen molar-refractivity contribution in [3.63, 3.8) is 0 Å². The standard InChI is InChI=1S/C21H26N4O4/c22-21(8-2-1-3-9-21)12-23-18(27)13-4-5-15-14(10-13)11-25(20(15)29)16-6-7-17(26)24-19(16)28/h4-5,10,16H,1-3,6-9,11-12,22H2,(H,23,27)(H,24,26,28). The third-order valence-corrected chi connectivity index (χ3v) is 6.24. The second kappa shape index (κ2) is 7.59. The van der Waals surface area contributed by atoms with Crippen molar-refractivity contribution in [2.45, 2.75) is 63.1 Å². The molecule has 0 radical (unpaired) electrons. The lowest BCUT2D eigenvalue weighted by Crippen LogP contribution is -2.52. The van der Waals surface area contributed by atoms with Crippen LogP contribution < -0.4 is 16.4 Å². The molecule has 154 valence electrons. The van der Waals surface area contributed by atoms with E-state index in [2.05, 4.69) is 10.6 Å². The quantitative estimate of drug-likeness (QED) is 0.649. The van der Waals surface area contributed by atoms with Gasteiger partial charge < -0.3 is 16.0 Å². The Morgan fingerprint density at radius 1 is 1.21 bits per heavy atom. The van der Waals surface area contributed by atoms with Crippen molar-refractivity contribution in [1.29, 1.82) is 0 Å². The van der Waals surface area contributed by atoms with Crippen LogP contribution in [0, 0.1) is 0 Å². The minimum absolute atomic E-state index is 0.213. The normalized spacial score (nSPS) is 23.6. The summed E-state index contributed by atoms with van der Waals surface area (Å²) in [5.41, 5.74) is 7.73. The number of piperidine rings is 1. The van der Waals surface area contributed by atoms with Gasteiger partial charge in [0.15, 0.2) is 0 Å². The van der Waals surface area contributed by atoms with Crippen LogP contribution in [0.1, 0.15) is 71.2 Å². The number of rotatable bonds is 4. The van der Waals surface area contributed by atoms with Gasteiger partial charge in [-0.2, -0.15) is 0 Å². The molecule has 8 nitrogen and oxygen atoms in total. The van der Waals surface area contributed by atoms with Gasteiger partial charge >= 0.3 is 0 Å². The van der Waals surface area contributed by atoms with Crippen LogP contribution in [-0.2, 0) is 16.1 Å². The maximum atomic E-state index is 12.7. The van der Waals surface area contributed by atoms with Gasteiger partial charge in [0, 0.05) is 36.2 Å². The molecule has 0 spiro atoms. The fourth-order valence-electron chi connectivity index (χ4n) is 4.51. The molecule has 1 unspecified atom stereocenters. The summed E-state index contributed by atoms with van der Waals surface area (Å²) >= 11 is 0. The lowest BCUT2D eigenvalue weighted by molar-refractivity contribution is -0.136. The number of carbonyl (C=O) groups is 4. The first-order chi connectivity index (χ1) is 13.9. The molecule has 1 aliphatic carbocycles. The molecular formula is C21H26N4O4. The molecule has 2 fully saturated rings. The molecule has 4 amide bonds. The van der Waals surface area contributed by atoms with Crippen LogP contribution in [0.2, 0.25) is 0 Å². The first kappa shape index (κ1) is 19.6. The molecule has 0 bridgehead atoms. The molecule has 2 heterocycles. The summed E-state index contributed by atoms with van der Waals surface area (Å²) in [7, 11) is 0. The average Bonchev–Trinajstić information content (AvgIpc) is 3.02. The summed E-state index contributed by atoms with van der Waals surface area (Å²) in [4.78, 5) is 50.3. The van der Waals surface area contributed by atoms with Gasteiger partial charge in [0.1, 0.15) is 6.04 Å². The highest BCUT2D eigenvalue weighted by Gasteiger charge is 2.39. The van der Waals surface area contributed by atoms with Crippen LogP contribution in [0.25, 0.3) is 0 Å². The molecule has 1 atom stereocenters. The third kappa shape index (κ3) is 3.89. The van der Waals surface area contributed by atoms with Gasteiger partial charge in [-0.25, -0.2) is 0 Å². The SMILES string of the molecule is NC1(CNC(=O)c2ccc3c(c2)CN(C2CCC(=O)NC2=O)C3=O)CCCCC1. The number of nitrogens with two attached hydrogens (primary N) is 1. The Bertz CT molecular complexity index is 875. The van der Waals surface area contributed by atoms with Crippen molar-refractivity contribution in [3.8, 4) is 0 Å². The fourth-order valence-corrected chi connectivity index (χ4v) is 4.51. The summed E-state index contributed by atoms with van der Waals surface area (Å²) in [6.07, 6.45) is 5.71. The number of nitrogens with one attached hydrogen (secondary N) is 2. The highest BCUT2D eigenvalue weighted by Crippen LogP contribution is 2.28. The van der Waals surface area contributed by atoms with Gasteiger partial charge in [0.05, 0.1) is 0 Å². The maximum absolute atomic E-state index is 12.7. The lowest BCUT2D eigenvalue weighted by atomic mass is 9.82. The van der Waals surface area contributed by atoms with Crippen LogP contribution in [0.5, 0.6) is 0 Å². The van der Waals surface area contributed by atoms with E-state index in [0.29, 0.717) is 29.7 Å². The second-order valence-corrected chi connectivity index (χ2v) is 8.38. The summed E-state index contributed by atoms with van der Waals surface area (Å²) in [5, 5.41) is 5.22. The number of fused-ring (bicyclic) bond motifs is 1. The highest BCUT2D eigenvalue weighted by atomic mass is 16.2. The number of hydrogen-bond donors (Lipinski definition) is 3. The molecule has 1 saturated heterocycles. The van der Waals surface area contributed by atoms with E-state index in [1.54, 1.807) is 18.2 Å². The minimum atomic E-state index is -0.659. The van der Waals surface area contributed by atoms with Crippen LogP contribution in [0.3, 0.4) is 0 Å². The Labute approximate surface area is 169 Å². The number of imide groups is 1. The Morgan fingerprint density at radius 3 is 2.69 bits per heavy atom. The van der Waals surface area contributed by atoms with Crippen LogP contribution in [0.15, 0.2) is 18.2 Å². The maximum Gasteiger partial charge on any atom is 0.255 e. The van der Waals surface area contributed by atoms with Gasteiger partial charge in [-0.3, -0.25) is 24.5 Å². The number of nitrogens with zero attached hydrogens (tertiary/aromatic N) is 1. The molecule has 29 heavy (non-hydrogen) atoms. The predicted molar refractivity (Wildman–Crippen MR) is 105 cm³/mol. The zero-order chi connectivity index (χ0) is 20.6. The Kier molecular flexibility index (Phi) is 5.12. The van der Waals surface area contributed by atoms with Gasteiger partial charge in [0.2, 0.25) is 11.8 Å². The minimum Gasteiger partial charge on any atom is -0.350 e. The lowest BCUT2D eigenvalue weighted by Gasteiger charge is -2.33. The van der Waals surface area contributed by atoms with E-state index in [0.717, 1.165) is 25.7 Å². The predicted octanol–water partition coefficient (Wildman–Crippen LogP) is 0.839. The summed E-state index contributed by atoms with van der Waals surface area (Å²) < 4.78 is 0. The molecule has 4 N–H and O–H groups in total. The Morgan fingerprint density at radius 2 is 1.97 bits per heavy atom. The number of carbonyl (C=O) groups excluding carboxylic acids is 4. The smallest absolute Gasteiger partial charge is 0.255 e. The van der Waals surface area contributed by atoms with Gasteiger partial charge in [-0.1, -0.05) is 19.3 Å². The fraction of sp³-hybridized carbons (Fsp3) is 0.524. The van der Waals surface area contributed by atoms with Crippen LogP contribution in [-0.4, -0.2) is 46.7 Å². The van der Waals surface area contributed by atoms with Crippen molar-refractivity contribution in [2.75, 3.05) is 6.54 Å². The topological polar surface area (TPSA) is 122 Å². The first-order valence-electron chi connectivity index (χ1n) is 10.2. The van der Waals surface area contributed by atoms with E-state index in [1.165, 1.54) is 11.3 Å². The summed E-state index contributed by atoms with van der Waals surface area (Å²) in [6, 6.07) is 4.31. The Balaban J connectivity index is 1.43. The molecule has 4 rings (SSSR count). The largest absolute Gasteiger partial charge is 0.350 e. The summed E-state index contributed by atoms with van der Waals surface area (Å²) in [6.45, 7) is 0.687. The van der Waals surface area contributed by atoms with E-state index in [4.69, 9.17) is 5.73 Å². The van der Waals surface area contributed by atoms with Crippen molar-refractivity contribution in [2.24, 2.45) is 5.73 Å². The summed E-state index contributed by atoms with van der Waals surface area (Å²) in [5.74, 6) is -1.22. The van der Waals surface area contributed by atoms with Crippen molar-refractivity contribution < 1.29 is 19.2 Å². The van der Waals surface area contributed by atoms with E-state index < -0.39 is 11.9 Å². The average molecular weight is 398 g/mol. The molecule has 1 aromatic carbocycles. The third-order valence-electron chi connectivity index (χ3n) is 6.24. The van der Waals surface area contributed by atoms with Crippen LogP contribution >= 0.6 is 0 Å². The van der Waals surface area contributed by atoms with E-state index in [1.807, 2.05) is 0 Å². The number of amides is 4. The second-order valence-electron chi connectivity index (χ2n) is 8.38. The molecule has 8 heteroatoms. The number of hydrogen-bond acceptors (Lipinski definition) is 5. The molecule has 0 aromatic heterocycles. The molecule has 1 saturated carbocycles. The van der Waals surface area contributed by atoms with Crippen molar-refractivity contribution in [3.05, 3.63) is 34.9 Å². The highest BCUT2D eigenvalue weighted by molar-refractivity contribution is 6.06. The zero-order valence-corrected chi connectivity index (χ0v) is 16.3. The molecular weight excluding hydrogens is 372 g/mol. The molecule has 3 aliphatic rings. The van der Waals surface area contributed by atoms with Crippen LogP contribution in [0.4, 0.5) is 0 Å². The van der Waals surface area contributed by atoms with Crippen molar-refractivity contribution in [1.82, 2.24) is 15.5 Å². The van der Waals surface area contributed by atoms with E-state index in [-0.39, 0.29) is 36.2 Å². The van der Waals surface area contributed by atoms with Gasteiger partial charge in [-0.05, 0) is 43.0 Å². The Hall–Kier alpha value is -2.74. The molecule has 1 aromatic rings. The first-order valence-corrected chi connectivity index (χ1v) is 10.2. The van der Waals surface area contributed by atoms with Gasteiger partial charge in [0.25, 0.3) is 11.8 Å². The van der Waals surface area contributed by atoms with E-state index in [9.17, 15) is 19.2 Å².